The first kappa shape index (κ1) is 20.7. The Labute approximate surface area is 182 Å². The van der Waals surface area contributed by atoms with Crippen LogP contribution < -0.4 is 20.3 Å². The minimum absolute atomic E-state index is 0.116. The quantitative estimate of drug-likeness (QED) is 0.442. The van der Waals surface area contributed by atoms with Crippen LogP contribution in [0.3, 0.4) is 0 Å². The van der Waals surface area contributed by atoms with Crippen molar-refractivity contribution in [2.45, 2.75) is 31.3 Å². The van der Waals surface area contributed by atoms with E-state index in [9.17, 15) is 9.59 Å². The van der Waals surface area contributed by atoms with Gasteiger partial charge in [0.1, 0.15) is 4.83 Å². The number of H-pyrrole nitrogens is 1. The summed E-state index contributed by atoms with van der Waals surface area (Å²) in [5.41, 5.74) is 1.65. The molecule has 3 aromatic rings. The molecule has 0 bridgehead atoms. The minimum Gasteiger partial charge on any atom is -0.493 e. The summed E-state index contributed by atoms with van der Waals surface area (Å²) >= 11 is 2.82. The van der Waals surface area contributed by atoms with Crippen molar-refractivity contribution in [2.75, 3.05) is 25.3 Å². The summed E-state index contributed by atoms with van der Waals surface area (Å²) in [6, 6.07) is 5.17. The van der Waals surface area contributed by atoms with Gasteiger partial charge in [-0.2, -0.15) is 0 Å². The van der Waals surface area contributed by atoms with Gasteiger partial charge in [0.25, 0.3) is 5.56 Å². The summed E-state index contributed by atoms with van der Waals surface area (Å²) in [6.07, 6.45) is 3.04. The molecule has 0 spiro atoms. The zero-order chi connectivity index (χ0) is 21.3. The van der Waals surface area contributed by atoms with Crippen molar-refractivity contribution in [1.29, 1.82) is 0 Å². The van der Waals surface area contributed by atoms with Crippen LogP contribution in [0, 0.1) is 5.92 Å². The highest BCUT2D eigenvalue weighted by atomic mass is 32.2. The third kappa shape index (κ3) is 4.17. The maximum absolute atomic E-state index is 12.7. The summed E-state index contributed by atoms with van der Waals surface area (Å²) in [4.78, 5) is 34.5. The molecule has 2 N–H and O–H groups in total. The van der Waals surface area contributed by atoms with Crippen molar-refractivity contribution >= 4 is 44.9 Å². The van der Waals surface area contributed by atoms with Crippen LogP contribution >= 0.6 is 23.1 Å². The molecule has 0 aliphatic heterocycles. The van der Waals surface area contributed by atoms with E-state index >= 15 is 0 Å². The topological polar surface area (TPSA) is 93.3 Å². The highest BCUT2D eigenvalue weighted by molar-refractivity contribution is 7.99. The van der Waals surface area contributed by atoms with Crippen LogP contribution in [-0.2, 0) is 17.6 Å². The molecule has 1 atom stereocenters. The van der Waals surface area contributed by atoms with Crippen LogP contribution in [0.15, 0.2) is 28.2 Å². The summed E-state index contributed by atoms with van der Waals surface area (Å²) in [7, 11) is 3.10. The third-order valence-corrected chi connectivity index (χ3v) is 7.17. The van der Waals surface area contributed by atoms with Gasteiger partial charge in [0.15, 0.2) is 16.7 Å². The number of rotatable bonds is 6. The number of amides is 1. The molecule has 2 aromatic heterocycles. The second-order valence-electron chi connectivity index (χ2n) is 7.31. The van der Waals surface area contributed by atoms with E-state index in [0.29, 0.717) is 28.3 Å². The molecule has 2 heterocycles. The monoisotopic (exact) mass is 445 g/mol. The lowest BCUT2D eigenvalue weighted by Gasteiger charge is -2.17. The molecule has 0 fully saturated rings. The number of fused-ring (bicyclic) bond motifs is 3. The van der Waals surface area contributed by atoms with Gasteiger partial charge in [-0.25, -0.2) is 4.98 Å². The number of nitrogens with one attached hydrogen (secondary N) is 2. The number of carbonyl (C=O) groups is 1. The van der Waals surface area contributed by atoms with Crippen LogP contribution in [0.1, 0.15) is 23.8 Å². The molecule has 1 aromatic carbocycles. The molecule has 30 heavy (non-hydrogen) atoms. The van der Waals surface area contributed by atoms with Gasteiger partial charge < -0.3 is 19.8 Å². The number of benzene rings is 1. The Morgan fingerprint density at radius 1 is 1.33 bits per heavy atom. The Morgan fingerprint density at radius 2 is 2.13 bits per heavy atom. The number of nitrogens with zero attached hydrogens (tertiary/aromatic N) is 1. The molecular formula is C21H23N3O4S2. The van der Waals surface area contributed by atoms with Crippen molar-refractivity contribution in [1.82, 2.24) is 9.97 Å². The van der Waals surface area contributed by atoms with E-state index < -0.39 is 0 Å². The summed E-state index contributed by atoms with van der Waals surface area (Å²) in [6.45, 7) is 2.24. The number of methoxy groups -OCH3 is 2. The van der Waals surface area contributed by atoms with E-state index in [4.69, 9.17) is 9.47 Å². The van der Waals surface area contributed by atoms with Gasteiger partial charge in [-0.15, -0.1) is 11.3 Å². The fourth-order valence-electron chi connectivity index (χ4n) is 3.64. The van der Waals surface area contributed by atoms with Crippen molar-refractivity contribution in [3.63, 3.8) is 0 Å². The molecule has 7 nitrogen and oxygen atoms in total. The Morgan fingerprint density at radius 3 is 2.90 bits per heavy atom. The predicted octanol–water partition coefficient (Wildman–Crippen LogP) is 3.86. The van der Waals surface area contributed by atoms with Gasteiger partial charge in [0.2, 0.25) is 5.91 Å². The number of hydrogen-bond donors (Lipinski definition) is 2. The highest BCUT2D eigenvalue weighted by Crippen LogP contribution is 2.36. The number of aryl methyl sites for hydroxylation is 1. The lowest BCUT2D eigenvalue weighted by Crippen LogP contribution is -2.16. The third-order valence-electron chi connectivity index (χ3n) is 5.15. The molecule has 9 heteroatoms. The number of carbonyl (C=O) groups excluding carboxylic acids is 1. The smallest absolute Gasteiger partial charge is 0.260 e. The summed E-state index contributed by atoms with van der Waals surface area (Å²) in [5.74, 6) is 1.70. The van der Waals surface area contributed by atoms with Gasteiger partial charge in [-0.1, -0.05) is 18.7 Å². The lowest BCUT2D eigenvalue weighted by molar-refractivity contribution is -0.113. The average molecular weight is 446 g/mol. The van der Waals surface area contributed by atoms with Crippen LogP contribution in [0.4, 0.5) is 5.69 Å². The molecule has 0 saturated heterocycles. The van der Waals surface area contributed by atoms with Crippen molar-refractivity contribution in [3.8, 4) is 11.5 Å². The normalized spacial score (nSPS) is 15.6. The fraction of sp³-hybridized carbons (Fsp3) is 0.381. The number of anilines is 1. The Bertz CT molecular complexity index is 1160. The molecule has 0 unspecified atom stereocenters. The van der Waals surface area contributed by atoms with Crippen LogP contribution in [0.5, 0.6) is 11.5 Å². The first-order valence-corrected chi connectivity index (χ1v) is 11.5. The Kier molecular flexibility index (Phi) is 6.01. The predicted molar refractivity (Wildman–Crippen MR) is 120 cm³/mol. The fourth-order valence-corrected chi connectivity index (χ4v) is 5.74. The van der Waals surface area contributed by atoms with Gasteiger partial charge in [0, 0.05) is 16.6 Å². The number of ether oxygens (including phenoxy) is 2. The van der Waals surface area contributed by atoms with E-state index in [2.05, 4.69) is 22.2 Å². The largest absolute Gasteiger partial charge is 0.493 e. The first-order chi connectivity index (χ1) is 14.5. The molecule has 1 aliphatic carbocycles. The maximum Gasteiger partial charge on any atom is 0.260 e. The van der Waals surface area contributed by atoms with E-state index in [1.807, 2.05) is 0 Å². The Hall–Kier alpha value is -2.52. The van der Waals surface area contributed by atoms with E-state index in [0.717, 1.165) is 35.0 Å². The van der Waals surface area contributed by atoms with E-state index in [-0.39, 0.29) is 17.2 Å². The second-order valence-corrected chi connectivity index (χ2v) is 9.36. The van der Waals surface area contributed by atoms with Gasteiger partial charge in [0.05, 0.1) is 25.4 Å². The molecular weight excluding hydrogens is 422 g/mol. The number of aromatic amines is 1. The molecule has 1 amide bonds. The SMILES string of the molecule is COc1ccc(NC(=O)CSc2nc3sc4c(c3c(=O)[nH]2)CC[C@H](C)C4)cc1OC. The van der Waals surface area contributed by atoms with Crippen molar-refractivity contribution in [2.24, 2.45) is 5.92 Å². The number of thiophene rings is 1. The maximum atomic E-state index is 12.7. The van der Waals surface area contributed by atoms with Gasteiger partial charge in [-0.3, -0.25) is 9.59 Å². The van der Waals surface area contributed by atoms with Crippen molar-refractivity contribution < 1.29 is 14.3 Å². The van der Waals surface area contributed by atoms with E-state index in [1.54, 1.807) is 43.8 Å². The standard InChI is InChI=1S/C21H23N3O4S2/c1-11-4-6-13-16(8-11)30-20-18(13)19(26)23-21(24-20)29-10-17(25)22-12-5-7-14(27-2)15(9-12)28-3/h5,7,9,11H,4,6,8,10H2,1-3H3,(H,22,25)(H,23,24,26)/t11-/m0/s1. The van der Waals surface area contributed by atoms with Crippen molar-refractivity contribution in [3.05, 3.63) is 39.0 Å². The Balaban J connectivity index is 1.46. The van der Waals surface area contributed by atoms with Gasteiger partial charge in [-0.05, 0) is 42.9 Å². The second kappa shape index (κ2) is 8.69. The average Bonchev–Trinajstić information content (AvgIpc) is 3.09. The highest BCUT2D eigenvalue weighted by Gasteiger charge is 2.23. The summed E-state index contributed by atoms with van der Waals surface area (Å²) < 4.78 is 10.5. The van der Waals surface area contributed by atoms with E-state index in [1.165, 1.54) is 16.6 Å². The number of hydrogen-bond acceptors (Lipinski definition) is 7. The summed E-state index contributed by atoms with van der Waals surface area (Å²) in [5, 5.41) is 4.01. The zero-order valence-electron chi connectivity index (χ0n) is 17.0. The van der Waals surface area contributed by atoms with Crippen LogP contribution in [-0.4, -0.2) is 35.8 Å². The number of thioether (sulfide) groups is 1. The van der Waals surface area contributed by atoms with Crippen LogP contribution in [0.25, 0.3) is 10.2 Å². The minimum atomic E-state index is -0.200. The molecule has 158 valence electrons. The van der Waals surface area contributed by atoms with Gasteiger partial charge >= 0.3 is 0 Å². The molecule has 4 rings (SSSR count). The number of aromatic nitrogens is 2. The molecule has 0 saturated carbocycles. The first-order valence-electron chi connectivity index (χ1n) is 9.67. The zero-order valence-corrected chi connectivity index (χ0v) is 18.7. The molecule has 0 radical (unpaired) electrons. The van der Waals surface area contributed by atoms with Crippen LogP contribution in [0.2, 0.25) is 0 Å². The lowest BCUT2D eigenvalue weighted by atomic mass is 9.89. The molecule has 1 aliphatic rings.